The summed E-state index contributed by atoms with van der Waals surface area (Å²) < 4.78 is 5.42. The van der Waals surface area contributed by atoms with Gasteiger partial charge in [-0.05, 0) is 61.4 Å². The van der Waals surface area contributed by atoms with Crippen molar-refractivity contribution in [2.24, 2.45) is 5.92 Å². The van der Waals surface area contributed by atoms with E-state index in [0.717, 1.165) is 12.8 Å². The Morgan fingerprint density at radius 2 is 1.54 bits per heavy atom. The zero-order chi connectivity index (χ0) is 18.5. The molecule has 4 nitrogen and oxygen atoms in total. The van der Waals surface area contributed by atoms with E-state index in [0.29, 0.717) is 40.9 Å². The number of rotatable bonds is 4. The van der Waals surface area contributed by atoms with Crippen LogP contribution >= 0.6 is 23.2 Å². The normalized spacial score (nSPS) is 17.0. The van der Waals surface area contributed by atoms with Crippen molar-refractivity contribution in [3.05, 3.63) is 69.7 Å². The van der Waals surface area contributed by atoms with Crippen LogP contribution in [0.2, 0.25) is 10.0 Å². The van der Waals surface area contributed by atoms with Gasteiger partial charge in [-0.3, -0.25) is 4.79 Å². The standard InChI is InChI=1S/C20H19Cl2NO3/c21-17-7-3-15(4-8-17)19(24)23-11-1-2-14(12-23)13-26-20(25)16-5-9-18(22)10-6-16/h3-10,14H,1-2,11-13H2/t14-/m1/s1. The highest BCUT2D eigenvalue weighted by molar-refractivity contribution is 6.31. The van der Waals surface area contributed by atoms with E-state index in [1.54, 1.807) is 48.5 Å². The van der Waals surface area contributed by atoms with Crippen LogP contribution in [-0.2, 0) is 4.74 Å². The van der Waals surface area contributed by atoms with Crippen LogP contribution in [0.25, 0.3) is 0 Å². The Hall–Kier alpha value is -2.04. The molecule has 0 aliphatic carbocycles. The van der Waals surface area contributed by atoms with Gasteiger partial charge in [-0.2, -0.15) is 0 Å². The Labute approximate surface area is 162 Å². The predicted octanol–water partition coefficient (Wildman–Crippen LogP) is 4.70. The largest absolute Gasteiger partial charge is 0.462 e. The number of hydrogen-bond donors (Lipinski definition) is 0. The first-order valence-corrected chi connectivity index (χ1v) is 9.26. The van der Waals surface area contributed by atoms with Gasteiger partial charge in [-0.15, -0.1) is 0 Å². The maximum absolute atomic E-state index is 12.6. The van der Waals surface area contributed by atoms with Crippen molar-refractivity contribution in [1.82, 2.24) is 4.90 Å². The highest BCUT2D eigenvalue weighted by atomic mass is 35.5. The minimum atomic E-state index is -0.372. The quantitative estimate of drug-likeness (QED) is 0.709. The van der Waals surface area contributed by atoms with E-state index >= 15 is 0 Å². The van der Waals surface area contributed by atoms with Crippen molar-refractivity contribution < 1.29 is 14.3 Å². The fourth-order valence-corrected chi connectivity index (χ4v) is 3.28. The van der Waals surface area contributed by atoms with Crippen molar-refractivity contribution >= 4 is 35.1 Å². The fourth-order valence-electron chi connectivity index (χ4n) is 3.02. The van der Waals surface area contributed by atoms with Crippen LogP contribution in [0.4, 0.5) is 0 Å². The summed E-state index contributed by atoms with van der Waals surface area (Å²) in [7, 11) is 0. The van der Waals surface area contributed by atoms with Gasteiger partial charge < -0.3 is 9.64 Å². The van der Waals surface area contributed by atoms with Gasteiger partial charge in [-0.25, -0.2) is 4.79 Å². The average molecular weight is 392 g/mol. The van der Waals surface area contributed by atoms with Crippen LogP contribution in [0, 0.1) is 5.92 Å². The molecule has 1 heterocycles. The van der Waals surface area contributed by atoms with E-state index in [-0.39, 0.29) is 17.8 Å². The second-order valence-electron chi connectivity index (χ2n) is 6.37. The van der Waals surface area contributed by atoms with Gasteiger partial charge in [0.15, 0.2) is 0 Å². The molecule has 0 spiro atoms. The minimum Gasteiger partial charge on any atom is -0.462 e. The Morgan fingerprint density at radius 3 is 2.15 bits per heavy atom. The molecule has 1 saturated heterocycles. The van der Waals surface area contributed by atoms with E-state index in [4.69, 9.17) is 27.9 Å². The third-order valence-electron chi connectivity index (χ3n) is 4.43. The number of amides is 1. The molecule has 0 aromatic heterocycles. The van der Waals surface area contributed by atoms with Gasteiger partial charge in [0.1, 0.15) is 0 Å². The predicted molar refractivity (Wildman–Crippen MR) is 102 cm³/mol. The first-order valence-electron chi connectivity index (χ1n) is 8.50. The van der Waals surface area contributed by atoms with Crippen molar-refractivity contribution in [1.29, 1.82) is 0 Å². The van der Waals surface area contributed by atoms with Crippen LogP contribution in [-0.4, -0.2) is 36.5 Å². The highest BCUT2D eigenvalue weighted by Crippen LogP contribution is 2.20. The summed E-state index contributed by atoms with van der Waals surface area (Å²) in [6.07, 6.45) is 1.82. The van der Waals surface area contributed by atoms with Crippen molar-refractivity contribution in [2.75, 3.05) is 19.7 Å². The maximum Gasteiger partial charge on any atom is 0.338 e. The van der Waals surface area contributed by atoms with Crippen LogP contribution < -0.4 is 0 Å². The second-order valence-corrected chi connectivity index (χ2v) is 7.24. The lowest BCUT2D eigenvalue weighted by Gasteiger charge is -2.32. The first kappa shape index (κ1) is 18.7. The van der Waals surface area contributed by atoms with E-state index in [2.05, 4.69) is 0 Å². The Morgan fingerprint density at radius 1 is 0.962 bits per heavy atom. The highest BCUT2D eigenvalue weighted by Gasteiger charge is 2.25. The number of nitrogens with zero attached hydrogens (tertiary/aromatic N) is 1. The van der Waals surface area contributed by atoms with Crippen LogP contribution in [0.5, 0.6) is 0 Å². The summed E-state index contributed by atoms with van der Waals surface area (Å²) in [6.45, 7) is 1.59. The third kappa shape index (κ3) is 4.77. The average Bonchev–Trinajstić information content (AvgIpc) is 2.67. The molecule has 6 heteroatoms. The minimum absolute atomic E-state index is 0.0182. The van der Waals surface area contributed by atoms with Gasteiger partial charge in [0.25, 0.3) is 5.91 Å². The molecule has 2 aromatic carbocycles. The van der Waals surface area contributed by atoms with Crippen molar-refractivity contribution in [3.63, 3.8) is 0 Å². The molecule has 0 bridgehead atoms. The number of halogens is 2. The molecule has 0 radical (unpaired) electrons. The van der Waals surface area contributed by atoms with Crippen LogP contribution in [0.15, 0.2) is 48.5 Å². The summed E-state index contributed by atoms with van der Waals surface area (Å²) >= 11 is 11.7. The Balaban J connectivity index is 1.55. The summed E-state index contributed by atoms with van der Waals surface area (Å²) in [6, 6.07) is 13.5. The number of benzene rings is 2. The third-order valence-corrected chi connectivity index (χ3v) is 4.93. The number of esters is 1. The molecule has 1 amide bonds. The van der Waals surface area contributed by atoms with E-state index < -0.39 is 0 Å². The number of carbonyl (C=O) groups excluding carboxylic acids is 2. The molecule has 2 aromatic rings. The van der Waals surface area contributed by atoms with Crippen molar-refractivity contribution in [3.8, 4) is 0 Å². The van der Waals surface area contributed by atoms with Crippen LogP contribution in [0.3, 0.4) is 0 Å². The number of ether oxygens (including phenoxy) is 1. The smallest absolute Gasteiger partial charge is 0.338 e. The topological polar surface area (TPSA) is 46.6 Å². The molecule has 136 valence electrons. The molecular weight excluding hydrogens is 373 g/mol. The summed E-state index contributed by atoms with van der Waals surface area (Å²) in [5.74, 6) is -0.255. The molecule has 3 rings (SSSR count). The zero-order valence-electron chi connectivity index (χ0n) is 14.2. The fraction of sp³-hybridized carbons (Fsp3) is 0.300. The van der Waals surface area contributed by atoms with Gasteiger partial charge in [0.05, 0.1) is 12.2 Å². The van der Waals surface area contributed by atoms with E-state index in [9.17, 15) is 9.59 Å². The number of hydrogen-bond acceptors (Lipinski definition) is 3. The molecule has 0 unspecified atom stereocenters. The number of carbonyl (C=O) groups is 2. The summed E-state index contributed by atoms with van der Waals surface area (Å²) in [5.41, 5.74) is 1.09. The first-order chi connectivity index (χ1) is 12.5. The monoisotopic (exact) mass is 391 g/mol. The second kappa shape index (κ2) is 8.56. The van der Waals surface area contributed by atoms with Gasteiger partial charge in [0, 0.05) is 34.6 Å². The molecule has 1 aliphatic rings. The number of piperidine rings is 1. The maximum atomic E-state index is 12.6. The Kier molecular flexibility index (Phi) is 6.17. The van der Waals surface area contributed by atoms with Crippen molar-refractivity contribution in [2.45, 2.75) is 12.8 Å². The summed E-state index contributed by atoms with van der Waals surface area (Å²) in [4.78, 5) is 26.5. The van der Waals surface area contributed by atoms with Gasteiger partial charge >= 0.3 is 5.97 Å². The SMILES string of the molecule is O=C(OC[C@@H]1CCCN(C(=O)c2ccc(Cl)cc2)C1)c1ccc(Cl)cc1. The van der Waals surface area contributed by atoms with E-state index in [1.807, 2.05) is 4.90 Å². The molecule has 1 aliphatic heterocycles. The zero-order valence-corrected chi connectivity index (χ0v) is 15.7. The Bertz CT molecular complexity index is 775. The molecule has 26 heavy (non-hydrogen) atoms. The lowest BCUT2D eigenvalue weighted by Crippen LogP contribution is -2.41. The molecular formula is C20H19Cl2NO3. The van der Waals surface area contributed by atoms with E-state index in [1.165, 1.54) is 0 Å². The molecule has 0 N–H and O–H groups in total. The number of likely N-dealkylation sites (tertiary alicyclic amines) is 1. The lowest BCUT2D eigenvalue weighted by molar-refractivity contribution is 0.0342. The van der Waals surface area contributed by atoms with Gasteiger partial charge in [-0.1, -0.05) is 23.2 Å². The molecule has 0 saturated carbocycles. The lowest BCUT2D eigenvalue weighted by atomic mass is 9.98. The van der Waals surface area contributed by atoms with Crippen LogP contribution in [0.1, 0.15) is 33.6 Å². The molecule has 1 atom stereocenters. The van der Waals surface area contributed by atoms with Gasteiger partial charge in [0.2, 0.25) is 0 Å². The summed E-state index contributed by atoms with van der Waals surface area (Å²) in [5, 5.41) is 1.18. The molecule has 1 fully saturated rings.